The third-order valence-electron chi connectivity index (χ3n) is 4.32. The zero-order valence-electron chi connectivity index (χ0n) is 10.8. The van der Waals surface area contributed by atoms with E-state index in [4.69, 9.17) is 0 Å². The fraction of sp³-hybridized carbons (Fsp3) is 0.733. The van der Waals surface area contributed by atoms with Gasteiger partial charge in [-0.25, -0.2) is 0 Å². The molecular weight excluding hydrogens is 208 g/mol. The molecule has 0 bridgehead atoms. The van der Waals surface area contributed by atoms with Crippen LogP contribution in [0.4, 0.5) is 0 Å². The van der Waals surface area contributed by atoms with Crippen molar-refractivity contribution in [3.63, 3.8) is 0 Å². The van der Waals surface area contributed by atoms with Gasteiger partial charge >= 0.3 is 0 Å². The van der Waals surface area contributed by atoms with Crippen LogP contribution < -0.4 is 0 Å². The molecule has 1 unspecified atom stereocenters. The monoisotopic (exact) mass is 234 g/mol. The van der Waals surface area contributed by atoms with Gasteiger partial charge in [-0.2, -0.15) is 0 Å². The van der Waals surface area contributed by atoms with Crippen molar-refractivity contribution in [2.45, 2.75) is 69.9 Å². The molecule has 0 spiro atoms. The topological polar surface area (TPSA) is 0 Å². The van der Waals surface area contributed by atoms with Crippen LogP contribution in [-0.4, -0.2) is 9.52 Å². The van der Waals surface area contributed by atoms with E-state index in [1.165, 1.54) is 57.8 Å². The molecule has 16 heavy (non-hydrogen) atoms. The normalized spacial score (nSPS) is 28.4. The molecule has 2 aliphatic rings. The molecule has 0 saturated carbocycles. The van der Waals surface area contributed by atoms with E-state index in [0.717, 1.165) is 5.54 Å². The summed E-state index contributed by atoms with van der Waals surface area (Å²) in [6, 6.07) is 0. The maximum Gasteiger partial charge on any atom is 0.0201 e. The molecule has 0 saturated heterocycles. The van der Waals surface area contributed by atoms with E-state index >= 15 is 0 Å². The minimum atomic E-state index is 0.235. The average molecular weight is 234 g/mol. The first-order chi connectivity index (χ1) is 7.90. The van der Waals surface area contributed by atoms with Crippen LogP contribution in [0.3, 0.4) is 0 Å². The molecule has 0 aromatic heterocycles. The standard InChI is InChI=1S/C15H26Si/c1-16-15-10-6-9-14(11-12-15)13-7-4-2-3-5-8-13/h7,9,15H,2-6,8,10-12,16H2,1H3. The first-order valence-corrected chi connectivity index (χ1v) is 9.51. The molecule has 0 amide bonds. The molecular formula is C15H26Si. The van der Waals surface area contributed by atoms with Gasteiger partial charge in [-0.15, -0.1) is 0 Å². The second kappa shape index (κ2) is 6.44. The van der Waals surface area contributed by atoms with Crippen LogP contribution in [0.1, 0.15) is 57.8 Å². The molecule has 0 aliphatic heterocycles. The highest BCUT2D eigenvalue weighted by atomic mass is 28.2. The van der Waals surface area contributed by atoms with Crippen LogP contribution in [-0.2, 0) is 0 Å². The van der Waals surface area contributed by atoms with Gasteiger partial charge in [0.1, 0.15) is 0 Å². The summed E-state index contributed by atoms with van der Waals surface area (Å²) in [5.74, 6) is 0. The second-order valence-corrected chi connectivity index (χ2v) is 7.42. The Morgan fingerprint density at radius 3 is 2.62 bits per heavy atom. The lowest BCUT2D eigenvalue weighted by molar-refractivity contribution is 0.694. The van der Waals surface area contributed by atoms with Gasteiger partial charge in [0.05, 0.1) is 0 Å². The Balaban J connectivity index is 1.97. The number of rotatable bonds is 2. The Morgan fingerprint density at radius 2 is 1.75 bits per heavy atom. The smallest absolute Gasteiger partial charge is 0.0201 e. The molecule has 0 radical (unpaired) electrons. The third-order valence-corrected chi connectivity index (χ3v) is 6.29. The lowest BCUT2D eigenvalue weighted by Gasteiger charge is -2.12. The molecule has 0 aromatic rings. The summed E-state index contributed by atoms with van der Waals surface area (Å²) in [5.41, 5.74) is 4.57. The molecule has 0 heterocycles. The molecule has 0 fully saturated rings. The first-order valence-electron chi connectivity index (χ1n) is 7.28. The van der Waals surface area contributed by atoms with Crippen molar-refractivity contribution in [3.05, 3.63) is 23.3 Å². The summed E-state index contributed by atoms with van der Waals surface area (Å²) >= 11 is 0. The summed E-state index contributed by atoms with van der Waals surface area (Å²) in [6.07, 6.45) is 17.8. The van der Waals surface area contributed by atoms with Crippen molar-refractivity contribution in [2.75, 3.05) is 0 Å². The third kappa shape index (κ3) is 3.34. The SMILES string of the molecule is C[SiH2]C1CCC=C(C2=CCCCCC2)CC1. The van der Waals surface area contributed by atoms with E-state index < -0.39 is 0 Å². The minimum Gasteiger partial charge on any atom is -0.0811 e. The Labute approximate surface area is 103 Å². The predicted molar refractivity (Wildman–Crippen MR) is 75.9 cm³/mol. The summed E-state index contributed by atoms with van der Waals surface area (Å²) in [6.45, 7) is 2.49. The molecule has 2 aliphatic carbocycles. The van der Waals surface area contributed by atoms with E-state index in [1.54, 1.807) is 11.1 Å². The van der Waals surface area contributed by atoms with Crippen LogP contribution in [0.5, 0.6) is 0 Å². The van der Waals surface area contributed by atoms with Crippen LogP contribution >= 0.6 is 0 Å². The Morgan fingerprint density at radius 1 is 0.938 bits per heavy atom. The summed E-state index contributed by atoms with van der Waals surface area (Å²) in [4.78, 5) is 0. The van der Waals surface area contributed by atoms with E-state index in [2.05, 4.69) is 18.7 Å². The predicted octanol–water partition coefficient (Wildman–Crippen LogP) is 4.38. The van der Waals surface area contributed by atoms with Crippen molar-refractivity contribution >= 4 is 9.52 Å². The van der Waals surface area contributed by atoms with Crippen molar-refractivity contribution in [2.24, 2.45) is 0 Å². The van der Waals surface area contributed by atoms with Crippen LogP contribution in [0.15, 0.2) is 23.3 Å². The fourth-order valence-corrected chi connectivity index (χ4v) is 4.36. The molecule has 2 rings (SSSR count). The molecule has 1 heteroatoms. The van der Waals surface area contributed by atoms with Crippen LogP contribution in [0.2, 0.25) is 12.1 Å². The minimum absolute atomic E-state index is 0.235. The first kappa shape index (κ1) is 12.2. The highest BCUT2D eigenvalue weighted by molar-refractivity contribution is 6.35. The number of hydrogen-bond donors (Lipinski definition) is 0. The molecule has 0 N–H and O–H groups in total. The van der Waals surface area contributed by atoms with E-state index in [-0.39, 0.29) is 9.52 Å². The largest absolute Gasteiger partial charge is 0.0811 e. The molecule has 1 atom stereocenters. The highest BCUT2D eigenvalue weighted by Gasteiger charge is 2.14. The summed E-state index contributed by atoms with van der Waals surface area (Å²) in [5, 5.41) is 0. The van der Waals surface area contributed by atoms with Gasteiger partial charge in [0, 0.05) is 9.52 Å². The maximum absolute atomic E-state index is 2.57. The average Bonchev–Trinajstić information content (AvgIpc) is 2.71. The fourth-order valence-electron chi connectivity index (χ4n) is 3.11. The number of allylic oxidation sites excluding steroid dienone is 4. The van der Waals surface area contributed by atoms with Gasteiger partial charge in [0.25, 0.3) is 0 Å². The van der Waals surface area contributed by atoms with Gasteiger partial charge in [-0.3, -0.25) is 0 Å². The molecule has 90 valence electrons. The van der Waals surface area contributed by atoms with Gasteiger partial charge in [-0.1, -0.05) is 30.7 Å². The van der Waals surface area contributed by atoms with Crippen molar-refractivity contribution < 1.29 is 0 Å². The van der Waals surface area contributed by atoms with E-state index in [9.17, 15) is 0 Å². The highest BCUT2D eigenvalue weighted by Crippen LogP contribution is 2.33. The summed E-state index contributed by atoms with van der Waals surface area (Å²) < 4.78 is 0. The zero-order valence-corrected chi connectivity index (χ0v) is 12.2. The lowest BCUT2D eigenvalue weighted by Crippen LogP contribution is -1.98. The van der Waals surface area contributed by atoms with Crippen LogP contribution in [0.25, 0.3) is 0 Å². The van der Waals surface area contributed by atoms with Crippen LogP contribution in [0, 0.1) is 0 Å². The van der Waals surface area contributed by atoms with Crippen molar-refractivity contribution in [1.29, 1.82) is 0 Å². The van der Waals surface area contributed by atoms with E-state index in [1.807, 2.05) is 0 Å². The second-order valence-electron chi connectivity index (χ2n) is 5.45. The van der Waals surface area contributed by atoms with Crippen molar-refractivity contribution in [3.8, 4) is 0 Å². The maximum atomic E-state index is 2.57. The lowest BCUT2D eigenvalue weighted by atomic mass is 9.97. The Bertz CT molecular complexity index is 275. The van der Waals surface area contributed by atoms with Gasteiger partial charge in [0.2, 0.25) is 0 Å². The quantitative estimate of drug-likeness (QED) is 0.622. The van der Waals surface area contributed by atoms with Gasteiger partial charge in [-0.05, 0) is 62.5 Å². The summed E-state index contributed by atoms with van der Waals surface area (Å²) in [7, 11) is 0.235. The van der Waals surface area contributed by atoms with Crippen molar-refractivity contribution in [1.82, 2.24) is 0 Å². The van der Waals surface area contributed by atoms with Gasteiger partial charge in [0.15, 0.2) is 0 Å². The number of hydrogen-bond acceptors (Lipinski definition) is 0. The zero-order chi connectivity index (χ0) is 11.2. The molecule has 0 nitrogen and oxygen atoms in total. The van der Waals surface area contributed by atoms with Gasteiger partial charge < -0.3 is 0 Å². The Kier molecular flexibility index (Phi) is 4.89. The molecule has 0 aromatic carbocycles. The van der Waals surface area contributed by atoms with E-state index in [0.29, 0.717) is 0 Å². The Hall–Kier alpha value is -0.303.